The first-order valence-corrected chi connectivity index (χ1v) is 7.96. The van der Waals surface area contributed by atoms with Gasteiger partial charge in [-0.1, -0.05) is 31.2 Å². The largest absolute Gasteiger partial charge is 0.343 e. The number of benzene rings is 1. The number of hydrogen-bond donors (Lipinski definition) is 1. The molecule has 4 heteroatoms. The topological polar surface area (TPSA) is 45.2 Å². The van der Waals surface area contributed by atoms with Gasteiger partial charge in [0.15, 0.2) is 0 Å². The second-order valence-corrected chi connectivity index (χ2v) is 6.21. The molecule has 1 aromatic heterocycles. The number of aromatic nitrogens is 1. The van der Waals surface area contributed by atoms with Gasteiger partial charge in [0.25, 0.3) is 0 Å². The quantitative estimate of drug-likeness (QED) is 0.947. The number of hydrogen-bond acceptors (Lipinski definition) is 3. The summed E-state index contributed by atoms with van der Waals surface area (Å²) >= 11 is 0. The van der Waals surface area contributed by atoms with Crippen LogP contribution >= 0.6 is 0 Å². The minimum Gasteiger partial charge on any atom is -0.343 e. The summed E-state index contributed by atoms with van der Waals surface area (Å²) in [5.74, 6) is 0.657. The number of pyridine rings is 1. The molecular formula is C18H23N3O. The number of fused-ring (bicyclic) bond motifs is 1. The van der Waals surface area contributed by atoms with Crippen LogP contribution in [0.5, 0.6) is 0 Å². The van der Waals surface area contributed by atoms with Crippen LogP contribution in [-0.4, -0.2) is 34.9 Å². The average Bonchev–Trinajstić information content (AvgIpc) is 2.53. The van der Waals surface area contributed by atoms with Crippen molar-refractivity contribution in [2.24, 2.45) is 5.92 Å². The third kappa shape index (κ3) is 3.12. The third-order valence-electron chi connectivity index (χ3n) is 4.62. The minimum absolute atomic E-state index is 0.184. The molecule has 2 heterocycles. The molecule has 3 rings (SSSR count). The number of para-hydroxylation sites is 1. The Balaban J connectivity index is 1.66. The Morgan fingerprint density at radius 3 is 2.95 bits per heavy atom. The number of carbonyl (C=O) groups is 1. The van der Waals surface area contributed by atoms with E-state index < -0.39 is 0 Å². The summed E-state index contributed by atoms with van der Waals surface area (Å²) in [4.78, 5) is 17.9. The lowest BCUT2D eigenvalue weighted by molar-refractivity contribution is -0.130. The van der Waals surface area contributed by atoms with E-state index in [1.54, 1.807) is 6.92 Å². The van der Waals surface area contributed by atoms with Crippen molar-refractivity contribution in [1.29, 1.82) is 0 Å². The van der Waals surface area contributed by atoms with Gasteiger partial charge in [0.05, 0.1) is 5.52 Å². The normalized spacial score (nSPS) is 22.0. The SMILES string of the molecule is CC(=O)N1CCC(NCc2cccc3cccnc23)C(C)C1. The molecule has 22 heavy (non-hydrogen) atoms. The van der Waals surface area contributed by atoms with E-state index in [4.69, 9.17) is 0 Å². The van der Waals surface area contributed by atoms with Crippen LogP contribution in [0.2, 0.25) is 0 Å². The first-order valence-electron chi connectivity index (χ1n) is 7.96. The Kier molecular flexibility index (Phi) is 4.39. The van der Waals surface area contributed by atoms with Crippen molar-refractivity contribution in [3.05, 3.63) is 42.1 Å². The number of piperidine rings is 1. The molecule has 2 atom stereocenters. The van der Waals surface area contributed by atoms with Crippen LogP contribution < -0.4 is 5.32 Å². The van der Waals surface area contributed by atoms with Gasteiger partial charge in [0.1, 0.15) is 0 Å². The molecule has 1 aliphatic heterocycles. The van der Waals surface area contributed by atoms with Crippen LogP contribution in [0, 0.1) is 5.92 Å². The summed E-state index contributed by atoms with van der Waals surface area (Å²) in [5.41, 5.74) is 2.31. The van der Waals surface area contributed by atoms with Crippen molar-refractivity contribution < 1.29 is 4.79 Å². The molecule has 1 N–H and O–H groups in total. The van der Waals surface area contributed by atoms with Crippen molar-refractivity contribution in [2.75, 3.05) is 13.1 Å². The summed E-state index contributed by atoms with van der Waals surface area (Å²) in [6, 6.07) is 10.8. The maximum atomic E-state index is 11.5. The molecule has 2 unspecified atom stereocenters. The van der Waals surface area contributed by atoms with E-state index in [1.165, 1.54) is 10.9 Å². The summed E-state index contributed by atoms with van der Waals surface area (Å²) in [7, 11) is 0. The molecule has 1 aliphatic rings. The van der Waals surface area contributed by atoms with Gasteiger partial charge in [-0.3, -0.25) is 9.78 Å². The summed E-state index contributed by atoms with van der Waals surface area (Å²) in [6.07, 6.45) is 2.86. The molecule has 0 aliphatic carbocycles. The molecule has 0 saturated carbocycles. The van der Waals surface area contributed by atoms with E-state index in [0.29, 0.717) is 12.0 Å². The second-order valence-electron chi connectivity index (χ2n) is 6.21. The van der Waals surface area contributed by atoms with Crippen molar-refractivity contribution in [3.63, 3.8) is 0 Å². The van der Waals surface area contributed by atoms with Crippen molar-refractivity contribution >= 4 is 16.8 Å². The first kappa shape index (κ1) is 15.0. The van der Waals surface area contributed by atoms with Crippen LogP contribution in [0.1, 0.15) is 25.8 Å². The Morgan fingerprint density at radius 1 is 1.36 bits per heavy atom. The van der Waals surface area contributed by atoms with Crippen LogP contribution in [0.4, 0.5) is 0 Å². The number of likely N-dealkylation sites (tertiary alicyclic amines) is 1. The monoisotopic (exact) mass is 297 g/mol. The Morgan fingerprint density at radius 2 is 2.18 bits per heavy atom. The van der Waals surface area contributed by atoms with E-state index in [9.17, 15) is 4.79 Å². The van der Waals surface area contributed by atoms with Gasteiger partial charge < -0.3 is 10.2 Å². The van der Waals surface area contributed by atoms with Gasteiger partial charge in [0, 0.05) is 44.2 Å². The molecule has 1 aromatic carbocycles. The molecule has 4 nitrogen and oxygen atoms in total. The Labute approximate surface area is 131 Å². The Bertz CT molecular complexity index is 665. The predicted octanol–water partition coefficient (Wildman–Crippen LogP) is 2.58. The molecule has 1 fully saturated rings. The highest BCUT2D eigenvalue weighted by atomic mass is 16.2. The zero-order chi connectivity index (χ0) is 15.5. The molecule has 1 saturated heterocycles. The van der Waals surface area contributed by atoms with Crippen LogP contribution in [-0.2, 0) is 11.3 Å². The van der Waals surface area contributed by atoms with Gasteiger partial charge in [-0.15, -0.1) is 0 Å². The fourth-order valence-electron chi connectivity index (χ4n) is 3.29. The lowest BCUT2D eigenvalue weighted by atomic mass is 9.93. The third-order valence-corrected chi connectivity index (χ3v) is 4.62. The van der Waals surface area contributed by atoms with Gasteiger partial charge in [-0.2, -0.15) is 0 Å². The predicted molar refractivity (Wildman–Crippen MR) is 88.4 cm³/mol. The second kappa shape index (κ2) is 6.44. The molecule has 1 amide bonds. The van der Waals surface area contributed by atoms with Gasteiger partial charge in [-0.25, -0.2) is 0 Å². The molecule has 116 valence electrons. The Hall–Kier alpha value is -1.94. The summed E-state index contributed by atoms with van der Waals surface area (Å²) in [6.45, 7) is 6.39. The van der Waals surface area contributed by atoms with Gasteiger partial charge in [-0.05, 0) is 24.0 Å². The first-order chi connectivity index (χ1) is 10.6. The van der Waals surface area contributed by atoms with Gasteiger partial charge >= 0.3 is 0 Å². The highest BCUT2D eigenvalue weighted by Gasteiger charge is 2.26. The highest BCUT2D eigenvalue weighted by Crippen LogP contribution is 2.19. The number of amides is 1. The van der Waals surface area contributed by atoms with Crippen LogP contribution in [0.15, 0.2) is 36.5 Å². The number of rotatable bonds is 3. The van der Waals surface area contributed by atoms with Crippen LogP contribution in [0.3, 0.4) is 0 Å². The number of nitrogens with one attached hydrogen (secondary N) is 1. The van der Waals surface area contributed by atoms with E-state index in [1.807, 2.05) is 17.2 Å². The molecule has 2 aromatic rings. The van der Waals surface area contributed by atoms with E-state index in [-0.39, 0.29) is 5.91 Å². The summed E-state index contributed by atoms with van der Waals surface area (Å²) < 4.78 is 0. The van der Waals surface area contributed by atoms with E-state index >= 15 is 0 Å². The molecule has 0 radical (unpaired) electrons. The lowest BCUT2D eigenvalue weighted by Gasteiger charge is -2.37. The van der Waals surface area contributed by atoms with E-state index in [0.717, 1.165) is 31.6 Å². The fraction of sp³-hybridized carbons (Fsp3) is 0.444. The van der Waals surface area contributed by atoms with Crippen molar-refractivity contribution in [1.82, 2.24) is 15.2 Å². The standard InChI is InChI=1S/C18H23N3O/c1-13-12-21(14(2)22)10-8-17(13)20-11-16-6-3-5-15-7-4-9-19-18(15)16/h3-7,9,13,17,20H,8,10-12H2,1-2H3. The lowest BCUT2D eigenvalue weighted by Crippen LogP contribution is -2.49. The van der Waals surface area contributed by atoms with Gasteiger partial charge in [0.2, 0.25) is 5.91 Å². The maximum absolute atomic E-state index is 11.5. The number of nitrogens with zero attached hydrogens (tertiary/aromatic N) is 2. The molecule has 0 spiro atoms. The number of carbonyl (C=O) groups excluding carboxylic acids is 1. The summed E-state index contributed by atoms with van der Waals surface area (Å²) in [5, 5.41) is 4.84. The minimum atomic E-state index is 0.184. The van der Waals surface area contributed by atoms with Crippen molar-refractivity contribution in [3.8, 4) is 0 Å². The van der Waals surface area contributed by atoms with Crippen LogP contribution in [0.25, 0.3) is 10.9 Å². The fourth-order valence-corrected chi connectivity index (χ4v) is 3.29. The van der Waals surface area contributed by atoms with Crippen molar-refractivity contribution in [2.45, 2.75) is 32.9 Å². The maximum Gasteiger partial charge on any atom is 0.219 e. The zero-order valence-corrected chi connectivity index (χ0v) is 13.2. The molecular weight excluding hydrogens is 274 g/mol. The molecule has 0 bridgehead atoms. The highest BCUT2D eigenvalue weighted by molar-refractivity contribution is 5.81. The van der Waals surface area contributed by atoms with E-state index in [2.05, 4.69) is 41.5 Å². The smallest absolute Gasteiger partial charge is 0.219 e. The average molecular weight is 297 g/mol. The zero-order valence-electron chi connectivity index (χ0n) is 13.2.